The van der Waals surface area contributed by atoms with Crippen LogP contribution in [0.2, 0.25) is 0 Å². The lowest BCUT2D eigenvalue weighted by Crippen LogP contribution is -2.56. The fraction of sp³-hybridized carbons (Fsp3) is 0.846. The molecule has 0 aromatic heterocycles. The van der Waals surface area contributed by atoms with E-state index >= 15 is 0 Å². The first-order chi connectivity index (χ1) is 9.58. The molecule has 2 amide bonds. The largest absolute Gasteiger partial charge is 0.481 e. The molecule has 2 saturated heterocycles. The summed E-state index contributed by atoms with van der Waals surface area (Å²) in [4.78, 5) is 29.0. The van der Waals surface area contributed by atoms with E-state index in [-0.39, 0.29) is 12.5 Å². The van der Waals surface area contributed by atoms with Gasteiger partial charge in [-0.15, -0.1) is 0 Å². The summed E-state index contributed by atoms with van der Waals surface area (Å²) in [6.45, 7) is 6.47. The SMILES string of the molecule is CC1CSCCN1C(=O)N1CCN(CCC(=O)O)CC1. The molecule has 2 aliphatic rings. The molecule has 1 unspecified atom stereocenters. The van der Waals surface area contributed by atoms with Crippen molar-refractivity contribution in [3.05, 3.63) is 0 Å². The third-order valence-electron chi connectivity index (χ3n) is 3.90. The van der Waals surface area contributed by atoms with Crippen LogP contribution in [0.1, 0.15) is 13.3 Å². The van der Waals surface area contributed by atoms with Gasteiger partial charge in [-0.3, -0.25) is 9.69 Å². The number of carbonyl (C=O) groups excluding carboxylic acids is 1. The van der Waals surface area contributed by atoms with E-state index in [2.05, 4.69) is 11.8 Å². The minimum Gasteiger partial charge on any atom is -0.481 e. The summed E-state index contributed by atoms with van der Waals surface area (Å²) in [5.74, 6) is 1.28. The van der Waals surface area contributed by atoms with Crippen LogP contribution in [0.25, 0.3) is 0 Å². The number of aliphatic carboxylic acids is 1. The Morgan fingerprint density at radius 2 is 1.90 bits per heavy atom. The summed E-state index contributed by atoms with van der Waals surface area (Å²) >= 11 is 1.90. The first-order valence-electron chi connectivity index (χ1n) is 7.15. The van der Waals surface area contributed by atoms with E-state index < -0.39 is 5.97 Å². The van der Waals surface area contributed by atoms with Crippen LogP contribution in [-0.4, -0.2) is 88.6 Å². The number of nitrogens with zero attached hydrogens (tertiary/aromatic N) is 3. The summed E-state index contributed by atoms with van der Waals surface area (Å²) < 4.78 is 0. The van der Waals surface area contributed by atoms with Gasteiger partial charge in [0.25, 0.3) is 0 Å². The quantitative estimate of drug-likeness (QED) is 0.828. The van der Waals surface area contributed by atoms with Gasteiger partial charge in [-0.05, 0) is 6.92 Å². The Kier molecular flexibility index (Phi) is 5.54. The van der Waals surface area contributed by atoms with Crippen LogP contribution in [0, 0.1) is 0 Å². The molecule has 7 heteroatoms. The lowest BCUT2D eigenvalue weighted by Gasteiger charge is -2.40. The molecule has 6 nitrogen and oxygen atoms in total. The molecule has 0 saturated carbocycles. The van der Waals surface area contributed by atoms with E-state index in [0.717, 1.165) is 31.1 Å². The van der Waals surface area contributed by atoms with Crippen molar-refractivity contribution in [2.45, 2.75) is 19.4 Å². The Balaban J connectivity index is 1.78. The highest BCUT2D eigenvalue weighted by atomic mass is 32.2. The average Bonchev–Trinajstić information content (AvgIpc) is 2.45. The molecule has 0 spiro atoms. The number of carboxylic acids is 1. The van der Waals surface area contributed by atoms with Crippen LogP contribution in [0.5, 0.6) is 0 Å². The van der Waals surface area contributed by atoms with E-state index in [9.17, 15) is 9.59 Å². The van der Waals surface area contributed by atoms with Crippen LogP contribution in [-0.2, 0) is 4.79 Å². The minimum atomic E-state index is -0.761. The van der Waals surface area contributed by atoms with Crippen LogP contribution in [0.15, 0.2) is 0 Å². The Morgan fingerprint density at radius 3 is 2.50 bits per heavy atom. The van der Waals surface area contributed by atoms with E-state index in [0.29, 0.717) is 25.7 Å². The van der Waals surface area contributed by atoms with Gasteiger partial charge in [-0.1, -0.05) is 0 Å². The van der Waals surface area contributed by atoms with Gasteiger partial charge in [0, 0.05) is 56.8 Å². The van der Waals surface area contributed by atoms with Gasteiger partial charge in [0.15, 0.2) is 0 Å². The fourth-order valence-corrected chi connectivity index (χ4v) is 3.62. The molecular weight excluding hydrogens is 278 g/mol. The number of amides is 2. The molecule has 2 aliphatic heterocycles. The van der Waals surface area contributed by atoms with Crippen LogP contribution < -0.4 is 0 Å². The summed E-state index contributed by atoms with van der Waals surface area (Å²) in [5, 5.41) is 8.68. The van der Waals surface area contributed by atoms with Gasteiger partial charge in [-0.2, -0.15) is 11.8 Å². The molecule has 0 aromatic carbocycles. The number of carboxylic acid groups (broad SMARTS) is 1. The lowest BCUT2D eigenvalue weighted by atomic mass is 10.2. The average molecular weight is 301 g/mol. The maximum absolute atomic E-state index is 12.5. The smallest absolute Gasteiger partial charge is 0.320 e. The van der Waals surface area contributed by atoms with Crippen molar-refractivity contribution < 1.29 is 14.7 Å². The molecule has 0 aliphatic carbocycles. The highest BCUT2D eigenvalue weighted by Crippen LogP contribution is 2.18. The second kappa shape index (κ2) is 7.17. The first-order valence-corrected chi connectivity index (χ1v) is 8.31. The predicted octanol–water partition coefficient (Wildman–Crippen LogP) is 0.636. The number of urea groups is 1. The number of hydrogen-bond acceptors (Lipinski definition) is 4. The summed E-state index contributed by atoms with van der Waals surface area (Å²) in [5.41, 5.74) is 0. The predicted molar refractivity (Wildman–Crippen MR) is 79.2 cm³/mol. The number of piperazine rings is 1. The normalized spacial score (nSPS) is 24.8. The van der Waals surface area contributed by atoms with Gasteiger partial charge in [-0.25, -0.2) is 4.79 Å². The highest BCUT2D eigenvalue weighted by molar-refractivity contribution is 7.99. The van der Waals surface area contributed by atoms with Crippen LogP contribution in [0.3, 0.4) is 0 Å². The van der Waals surface area contributed by atoms with Crippen molar-refractivity contribution in [1.29, 1.82) is 0 Å². The van der Waals surface area contributed by atoms with E-state index in [1.807, 2.05) is 21.6 Å². The molecular formula is C13H23N3O3S. The molecule has 1 N–H and O–H groups in total. The Hall–Kier alpha value is -0.950. The maximum atomic E-state index is 12.5. The van der Waals surface area contributed by atoms with E-state index in [4.69, 9.17) is 5.11 Å². The molecule has 2 fully saturated rings. The standard InChI is InChI=1S/C13H23N3O3S/c1-11-10-20-9-8-16(11)13(19)15-6-4-14(5-7-15)3-2-12(17)18/h11H,2-10H2,1H3,(H,17,18). The van der Waals surface area contributed by atoms with Crippen molar-refractivity contribution in [3.63, 3.8) is 0 Å². The zero-order chi connectivity index (χ0) is 14.5. The molecule has 2 heterocycles. The fourth-order valence-electron chi connectivity index (χ4n) is 2.61. The maximum Gasteiger partial charge on any atom is 0.320 e. The van der Waals surface area contributed by atoms with Gasteiger partial charge in [0.2, 0.25) is 0 Å². The van der Waals surface area contributed by atoms with Crippen molar-refractivity contribution in [2.24, 2.45) is 0 Å². The number of hydrogen-bond donors (Lipinski definition) is 1. The molecule has 114 valence electrons. The zero-order valence-corrected chi connectivity index (χ0v) is 12.8. The molecule has 20 heavy (non-hydrogen) atoms. The van der Waals surface area contributed by atoms with Crippen LogP contribution in [0.4, 0.5) is 4.79 Å². The lowest BCUT2D eigenvalue weighted by molar-refractivity contribution is -0.137. The Morgan fingerprint density at radius 1 is 1.20 bits per heavy atom. The van der Waals surface area contributed by atoms with Crippen molar-refractivity contribution >= 4 is 23.8 Å². The van der Waals surface area contributed by atoms with E-state index in [1.54, 1.807) is 0 Å². The van der Waals surface area contributed by atoms with Crippen molar-refractivity contribution in [1.82, 2.24) is 14.7 Å². The first kappa shape index (κ1) is 15.4. The molecule has 0 radical (unpaired) electrons. The van der Waals surface area contributed by atoms with Crippen molar-refractivity contribution in [2.75, 3.05) is 50.8 Å². The van der Waals surface area contributed by atoms with Crippen molar-refractivity contribution in [3.8, 4) is 0 Å². The molecule has 0 bridgehead atoms. The Labute approximate surface area is 124 Å². The summed E-state index contributed by atoms with van der Waals surface area (Å²) in [6, 6.07) is 0.460. The Bertz CT molecular complexity index is 359. The summed E-state index contributed by atoms with van der Waals surface area (Å²) in [7, 11) is 0. The third kappa shape index (κ3) is 4.02. The third-order valence-corrected chi connectivity index (χ3v) is 5.09. The van der Waals surface area contributed by atoms with Gasteiger partial charge in [0.05, 0.1) is 6.42 Å². The van der Waals surface area contributed by atoms with Crippen LogP contribution >= 0.6 is 11.8 Å². The highest BCUT2D eigenvalue weighted by Gasteiger charge is 2.29. The van der Waals surface area contributed by atoms with E-state index in [1.165, 1.54) is 0 Å². The minimum absolute atomic E-state index is 0.149. The topological polar surface area (TPSA) is 64.1 Å². The number of thioether (sulfide) groups is 1. The number of rotatable bonds is 3. The van der Waals surface area contributed by atoms with Gasteiger partial charge in [0.1, 0.15) is 0 Å². The molecule has 0 aromatic rings. The van der Waals surface area contributed by atoms with Gasteiger partial charge < -0.3 is 14.9 Å². The summed E-state index contributed by atoms with van der Waals surface area (Å²) in [6.07, 6.45) is 0.175. The zero-order valence-electron chi connectivity index (χ0n) is 12.0. The molecule has 1 atom stereocenters. The van der Waals surface area contributed by atoms with Gasteiger partial charge >= 0.3 is 12.0 Å². The number of carbonyl (C=O) groups is 2. The molecule has 2 rings (SSSR count). The second-order valence-electron chi connectivity index (χ2n) is 5.37. The monoisotopic (exact) mass is 301 g/mol. The second-order valence-corrected chi connectivity index (χ2v) is 6.52.